The number of hydrogen-bond acceptors (Lipinski definition) is 4. The van der Waals surface area contributed by atoms with Crippen LogP contribution in [0, 0.1) is 0 Å². The normalized spacial score (nSPS) is 11.1. The third kappa shape index (κ3) is 2.96. The van der Waals surface area contributed by atoms with E-state index in [0.29, 0.717) is 30.5 Å². The smallest absolute Gasteiger partial charge is 0.267 e. The largest absolute Gasteiger partial charge is 0.506 e. The number of fused-ring (bicyclic) bond motifs is 1. The molecule has 0 saturated carbocycles. The Bertz CT molecular complexity index is 750. The van der Waals surface area contributed by atoms with E-state index >= 15 is 0 Å². The van der Waals surface area contributed by atoms with Gasteiger partial charge in [0.05, 0.1) is 5.52 Å². The summed E-state index contributed by atoms with van der Waals surface area (Å²) in [4.78, 5) is 26.7. The predicted octanol–water partition coefficient (Wildman–Crippen LogP) is 1.02. The molecule has 0 spiro atoms. The second-order valence-electron chi connectivity index (χ2n) is 5.35. The van der Waals surface area contributed by atoms with Crippen LogP contribution >= 0.6 is 0 Å². The van der Waals surface area contributed by atoms with E-state index < -0.39 is 11.5 Å². The van der Waals surface area contributed by atoms with Crippen molar-refractivity contribution >= 4 is 16.8 Å². The molecule has 1 heterocycles. The number of aryl methyl sites for hydroxylation is 1. The van der Waals surface area contributed by atoms with Crippen molar-refractivity contribution in [3.05, 3.63) is 40.2 Å². The first-order valence-corrected chi connectivity index (χ1v) is 7.24. The first-order chi connectivity index (χ1) is 10.5. The molecule has 1 aromatic carbocycles. The van der Waals surface area contributed by atoms with Gasteiger partial charge in [0.2, 0.25) is 0 Å². The second-order valence-corrected chi connectivity index (χ2v) is 5.35. The van der Waals surface area contributed by atoms with Crippen LogP contribution < -0.4 is 10.9 Å². The van der Waals surface area contributed by atoms with Crippen LogP contribution in [0.25, 0.3) is 10.9 Å². The highest BCUT2D eigenvalue weighted by Crippen LogP contribution is 2.25. The first-order valence-electron chi connectivity index (χ1n) is 7.24. The highest BCUT2D eigenvalue weighted by molar-refractivity contribution is 6.02. The van der Waals surface area contributed by atoms with Gasteiger partial charge in [-0.05, 0) is 33.2 Å². The Morgan fingerprint density at radius 2 is 2.00 bits per heavy atom. The van der Waals surface area contributed by atoms with Crippen LogP contribution in [0.1, 0.15) is 17.3 Å². The predicted molar refractivity (Wildman–Crippen MR) is 86.4 cm³/mol. The zero-order valence-corrected chi connectivity index (χ0v) is 13.1. The molecule has 0 aliphatic carbocycles. The number of nitrogens with zero attached hydrogens (tertiary/aromatic N) is 2. The molecule has 0 aliphatic heterocycles. The lowest BCUT2D eigenvalue weighted by molar-refractivity contribution is 0.0946. The molecule has 0 bridgehead atoms. The van der Waals surface area contributed by atoms with Gasteiger partial charge >= 0.3 is 0 Å². The van der Waals surface area contributed by atoms with E-state index in [0.717, 1.165) is 0 Å². The summed E-state index contributed by atoms with van der Waals surface area (Å²) in [6.45, 7) is 3.32. The summed E-state index contributed by atoms with van der Waals surface area (Å²) >= 11 is 0. The fourth-order valence-electron chi connectivity index (χ4n) is 2.39. The Labute approximate surface area is 129 Å². The van der Waals surface area contributed by atoms with Gasteiger partial charge in [-0.3, -0.25) is 9.59 Å². The number of carbonyl (C=O) groups excluding carboxylic acids is 1. The molecule has 0 fully saturated rings. The quantitative estimate of drug-likeness (QED) is 0.865. The van der Waals surface area contributed by atoms with E-state index in [4.69, 9.17) is 0 Å². The third-order valence-corrected chi connectivity index (χ3v) is 3.53. The summed E-state index contributed by atoms with van der Waals surface area (Å²) in [6.07, 6.45) is 0. The van der Waals surface area contributed by atoms with Gasteiger partial charge in [-0.15, -0.1) is 0 Å². The summed E-state index contributed by atoms with van der Waals surface area (Å²) < 4.78 is 1.50. The zero-order valence-electron chi connectivity index (χ0n) is 13.1. The van der Waals surface area contributed by atoms with Crippen molar-refractivity contribution < 1.29 is 9.90 Å². The van der Waals surface area contributed by atoms with E-state index in [2.05, 4.69) is 5.32 Å². The molecule has 0 aliphatic rings. The van der Waals surface area contributed by atoms with Crippen LogP contribution in [-0.4, -0.2) is 47.7 Å². The van der Waals surface area contributed by atoms with Crippen molar-refractivity contribution in [2.24, 2.45) is 0 Å². The minimum absolute atomic E-state index is 0.195. The molecular formula is C16H21N3O3. The SMILES string of the molecule is CCn1c(=O)c(C(=O)NCCN(C)C)c(O)c2ccccc21. The number of pyridine rings is 1. The Balaban J connectivity index is 2.50. The zero-order chi connectivity index (χ0) is 16.3. The second kappa shape index (κ2) is 6.62. The Morgan fingerprint density at radius 1 is 1.32 bits per heavy atom. The summed E-state index contributed by atoms with van der Waals surface area (Å²) in [6, 6.07) is 7.02. The van der Waals surface area contributed by atoms with Crippen molar-refractivity contribution in [3.63, 3.8) is 0 Å². The molecule has 6 heteroatoms. The molecule has 0 unspecified atom stereocenters. The fraction of sp³-hybridized carbons (Fsp3) is 0.375. The van der Waals surface area contributed by atoms with E-state index in [1.54, 1.807) is 24.3 Å². The van der Waals surface area contributed by atoms with Gasteiger partial charge in [-0.25, -0.2) is 0 Å². The van der Waals surface area contributed by atoms with Crippen molar-refractivity contribution in [2.45, 2.75) is 13.5 Å². The van der Waals surface area contributed by atoms with Gasteiger partial charge in [0.25, 0.3) is 11.5 Å². The van der Waals surface area contributed by atoms with Gasteiger partial charge in [0.15, 0.2) is 0 Å². The highest BCUT2D eigenvalue weighted by Gasteiger charge is 2.21. The minimum atomic E-state index is -0.544. The number of para-hydroxylation sites is 1. The minimum Gasteiger partial charge on any atom is -0.506 e. The molecule has 2 N–H and O–H groups in total. The molecule has 22 heavy (non-hydrogen) atoms. The van der Waals surface area contributed by atoms with Crippen LogP contribution in [-0.2, 0) is 6.54 Å². The number of aromatic nitrogens is 1. The average molecular weight is 303 g/mol. The van der Waals surface area contributed by atoms with Crippen molar-refractivity contribution in [1.82, 2.24) is 14.8 Å². The highest BCUT2D eigenvalue weighted by atomic mass is 16.3. The van der Waals surface area contributed by atoms with E-state index in [1.165, 1.54) is 4.57 Å². The Morgan fingerprint density at radius 3 is 2.64 bits per heavy atom. The van der Waals surface area contributed by atoms with Gasteiger partial charge in [-0.1, -0.05) is 12.1 Å². The average Bonchev–Trinajstić information content (AvgIpc) is 2.47. The van der Waals surface area contributed by atoms with Crippen LogP contribution in [0.15, 0.2) is 29.1 Å². The lowest BCUT2D eigenvalue weighted by Gasteiger charge is -2.14. The summed E-state index contributed by atoms with van der Waals surface area (Å²) in [5.74, 6) is -0.801. The summed E-state index contributed by atoms with van der Waals surface area (Å²) in [5, 5.41) is 13.5. The van der Waals surface area contributed by atoms with Gasteiger partial charge in [0.1, 0.15) is 11.3 Å². The number of carbonyl (C=O) groups is 1. The maximum absolute atomic E-state index is 12.5. The maximum Gasteiger partial charge on any atom is 0.267 e. The van der Waals surface area contributed by atoms with Crippen LogP contribution in [0.2, 0.25) is 0 Å². The number of nitrogens with one attached hydrogen (secondary N) is 1. The lowest BCUT2D eigenvalue weighted by atomic mass is 10.1. The monoisotopic (exact) mass is 303 g/mol. The van der Waals surface area contributed by atoms with Crippen molar-refractivity contribution in [1.29, 1.82) is 0 Å². The van der Waals surface area contributed by atoms with E-state index in [9.17, 15) is 14.7 Å². The van der Waals surface area contributed by atoms with E-state index in [-0.39, 0.29) is 11.3 Å². The molecule has 1 aromatic heterocycles. The molecular weight excluding hydrogens is 282 g/mol. The molecule has 118 valence electrons. The molecule has 0 radical (unpaired) electrons. The fourth-order valence-corrected chi connectivity index (χ4v) is 2.39. The number of aromatic hydroxyl groups is 1. The molecule has 0 saturated heterocycles. The molecule has 6 nitrogen and oxygen atoms in total. The topological polar surface area (TPSA) is 74.6 Å². The molecule has 0 atom stereocenters. The van der Waals surface area contributed by atoms with Gasteiger partial charge in [0, 0.05) is 25.0 Å². The van der Waals surface area contributed by atoms with Gasteiger partial charge < -0.3 is 19.9 Å². The van der Waals surface area contributed by atoms with Crippen LogP contribution in [0.4, 0.5) is 0 Å². The lowest BCUT2D eigenvalue weighted by Crippen LogP contribution is -2.36. The number of benzene rings is 1. The molecule has 1 amide bonds. The molecule has 2 rings (SSSR count). The maximum atomic E-state index is 12.5. The van der Waals surface area contributed by atoms with Crippen molar-refractivity contribution in [3.8, 4) is 5.75 Å². The van der Waals surface area contributed by atoms with Crippen molar-refractivity contribution in [2.75, 3.05) is 27.2 Å². The third-order valence-electron chi connectivity index (χ3n) is 3.53. The first kappa shape index (κ1) is 16.0. The van der Waals surface area contributed by atoms with Crippen LogP contribution in [0.3, 0.4) is 0 Å². The number of rotatable bonds is 5. The van der Waals surface area contributed by atoms with Crippen LogP contribution in [0.5, 0.6) is 5.75 Å². The number of likely N-dealkylation sites (N-methyl/N-ethyl adjacent to an activating group) is 1. The molecule has 2 aromatic rings. The Kier molecular flexibility index (Phi) is 4.82. The Hall–Kier alpha value is -2.34. The van der Waals surface area contributed by atoms with E-state index in [1.807, 2.05) is 25.9 Å². The number of amides is 1. The number of hydrogen-bond donors (Lipinski definition) is 2. The standard InChI is InChI=1S/C16H21N3O3/c1-4-19-12-8-6-5-7-11(12)14(20)13(16(19)22)15(21)17-9-10-18(2)3/h5-8,20H,4,9-10H2,1-3H3,(H,17,21). The summed E-state index contributed by atoms with van der Waals surface area (Å²) in [5.41, 5.74) is -0.0438. The summed E-state index contributed by atoms with van der Waals surface area (Å²) in [7, 11) is 3.79. The van der Waals surface area contributed by atoms with Gasteiger partial charge in [-0.2, -0.15) is 0 Å².